The van der Waals surface area contributed by atoms with Crippen molar-refractivity contribution in [1.82, 2.24) is 5.32 Å². The van der Waals surface area contributed by atoms with E-state index in [1.54, 1.807) is 7.11 Å². The molecule has 1 aromatic carbocycles. The first kappa shape index (κ1) is 16.8. The SMILES string of the molecule is CNC(c1ccc(OC)c(Br)c1)C1(CC(C)C)CCCC1. The Balaban J connectivity index is 2.34. The van der Waals surface area contributed by atoms with Crippen LogP contribution in [-0.4, -0.2) is 14.2 Å². The fraction of sp³-hybridized carbons (Fsp3) is 0.667. The Hall–Kier alpha value is -0.540. The zero-order valence-corrected chi connectivity index (χ0v) is 15.3. The molecule has 1 aliphatic rings. The van der Waals surface area contributed by atoms with E-state index in [1.807, 2.05) is 0 Å². The van der Waals surface area contributed by atoms with Gasteiger partial charge in [0.25, 0.3) is 0 Å². The third kappa shape index (κ3) is 3.62. The predicted octanol–water partition coefficient (Wildman–Crippen LogP) is 5.32. The van der Waals surface area contributed by atoms with Crippen LogP contribution < -0.4 is 10.1 Å². The molecule has 1 saturated carbocycles. The minimum atomic E-state index is 0.400. The van der Waals surface area contributed by atoms with Crippen molar-refractivity contribution < 1.29 is 4.74 Å². The minimum absolute atomic E-state index is 0.400. The lowest BCUT2D eigenvalue weighted by Gasteiger charge is -2.39. The summed E-state index contributed by atoms with van der Waals surface area (Å²) in [4.78, 5) is 0. The van der Waals surface area contributed by atoms with Crippen molar-refractivity contribution in [3.63, 3.8) is 0 Å². The van der Waals surface area contributed by atoms with Crippen LogP contribution in [0.4, 0.5) is 0 Å². The van der Waals surface area contributed by atoms with E-state index in [2.05, 4.69) is 60.3 Å². The van der Waals surface area contributed by atoms with Gasteiger partial charge in [-0.25, -0.2) is 0 Å². The summed E-state index contributed by atoms with van der Waals surface area (Å²) in [5.74, 6) is 1.64. The highest BCUT2D eigenvalue weighted by molar-refractivity contribution is 9.10. The Morgan fingerprint density at radius 3 is 2.43 bits per heavy atom. The van der Waals surface area contributed by atoms with Crippen LogP contribution in [0.25, 0.3) is 0 Å². The van der Waals surface area contributed by atoms with Crippen molar-refractivity contribution in [2.24, 2.45) is 11.3 Å². The normalized spacial score (nSPS) is 19.0. The van der Waals surface area contributed by atoms with E-state index in [0.29, 0.717) is 11.5 Å². The van der Waals surface area contributed by atoms with Gasteiger partial charge in [0.2, 0.25) is 0 Å². The summed E-state index contributed by atoms with van der Waals surface area (Å²) in [6.45, 7) is 4.69. The molecule has 1 atom stereocenters. The topological polar surface area (TPSA) is 21.3 Å². The average molecular weight is 354 g/mol. The second-order valence-electron chi connectivity index (χ2n) is 6.78. The Morgan fingerprint density at radius 2 is 1.95 bits per heavy atom. The predicted molar refractivity (Wildman–Crippen MR) is 92.9 cm³/mol. The van der Waals surface area contributed by atoms with Gasteiger partial charge in [0.05, 0.1) is 11.6 Å². The van der Waals surface area contributed by atoms with Crippen LogP contribution in [0, 0.1) is 11.3 Å². The van der Waals surface area contributed by atoms with Gasteiger partial charge >= 0.3 is 0 Å². The molecule has 0 radical (unpaired) electrons. The third-order valence-corrected chi connectivity index (χ3v) is 5.44. The van der Waals surface area contributed by atoms with Crippen LogP contribution in [0.15, 0.2) is 22.7 Å². The van der Waals surface area contributed by atoms with E-state index in [4.69, 9.17) is 4.74 Å². The van der Waals surface area contributed by atoms with Gasteiger partial charge in [0.1, 0.15) is 5.75 Å². The van der Waals surface area contributed by atoms with Gasteiger partial charge in [0, 0.05) is 6.04 Å². The molecule has 1 unspecified atom stereocenters. The van der Waals surface area contributed by atoms with Crippen LogP contribution >= 0.6 is 15.9 Å². The van der Waals surface area contributed by atoms with Gasteiger partial charge in [-0.05, 0) is 71.3 Å². The molecule has 1 aromatic rings. The number of methoxy groups -OCH3 is 1. The van der Waals surface area contributed by atoms with Crippen LogP contribution in [-0.2, 0) is 0 Å². The van der Waals surface area contributed by atoms with E-state index in [0.717, 1.165) is 16.1 Å². The average Bonchev–Trinajstić information content (AvgIpc) is 2.88. The summed E-state index contributed by atoms with van der Waals surface area (Å²) in [6.07, 6.45) is 6.69. The van der Waals surface area contributed by atoms with Gasteiger partial charge in [-0.3, -0.25) is 0 Å². The molecule has 1 N–H and O–H groups in total. The Labute approximate surface area is 137 Å². The molecule has 118 valence electrons. The lowest BCUT2D eigenvalue weighted by Crippen LogP contribution is -2.35. The van der Waals surface area contributed by atoms with Gasteiger partial charge in [-0.2, -0.15) is 0 Å². The fourth-order valence-electron chi connectivity index (χ4n) is 4.19. The van der Waals surface area contributed by atoms with Crippen molar-refractivity contribution in [3.05, 3.63) is 28.2 Å². The molecule has 0 bridgehead atoms. The van der Waals surface area contributed by atoms with Crippen LogP contribution in [0.3, 0.4) is 0 Å². The molecule has 0 aromatic heterocycles. The minimum Gasteiger partial charge on any atom is -0.496 e. The first-order chi connectivity index (χ1) is 10.0. The summed E-state index contributed by atoms with van der Waals surface area (Å²) in [5.41, 5.74) is 1.77. The van der Waals surface area contributed by atoms with E-state index in [-0.39, 0.29) is 0 Å². The highest BCUT2D eigenvalue weighted by Crippen LogP contribution is 2.52. The zero-order chi connectivity index (χ0) is 15.5. The quantitative estimate of drug-likeness (QED) is 0.746. The van der Waals surface area contributed by atoms with Crippen LogP contribution in [0.5, 0.6) is 5.75 Å². The molecule has 0 spiro atoms. The third-order valence-electron chi connectivity index (χ3n) is 4.82. The molecule has 0 aliphatic heterocycles. The first-order valence-corrected chi connectivity index (χ1v) is 8.82. The lowest BCUT2D eigenvalue weighted by atomic mass is 9.70. The van der Waals surface area contributed by atoms with Gasteiger partial charge in [-0.15, -0.1) is 0 Å². The number of rotatable bonds is 6. The second kappa shape index (κ2) is 7.15. The van der Waals surface area contributed by atoms with Crippen molar-refractivity contribution >= 4 is 15.9 Å². The summed E-state index contributed by atoms with van der Waals surface area (Å²) in [5, 5.41) is 3.61. The van der Waals surface area contributed by atoms with Gasteiger partial charge in [0.15, 0.2) is 0 Å². The van der Waals surface area contributed by atoms with Crippen molar-refractivity contribution in [1.29, 1.82) is 0 Å². The first-order valence-electron chi connectivity index (χ1n) is 8.03. The summed E-state index contributed by atoms with van der Waals surface area (Å²) < 4.78 is 6.40. The Bertz CT molecular complexity index is 466. The zero-order valence-electron chi connectivity index (χ0n) is 13.7. The van der Waals surface area contributed by atoms with E-state index >= 15 is 0 Å². The van der Waals surface area contributed by atoms with Gasteiger partial charge in [-0.1, -0.05) is 32.8 Å². The van der Waals surface area contributed by atoms with Gasteiger partial charge < -0.3 is 10.1 Å². The van der Waals surface area contributed by atoms with Crippen molar-refractivity contribution in [2.75, 3.05) is 14.2 Å². The van der Waals surface area contributed by atoms with E-state index in [9.17, 15) is 0 Å². The number of benzene rings is 1. The maximum atomic E-state index is 5.36. The van der Waals surface area contributed by atoms with Crippen molar-refractivity contribution in [2.45, 2.75) is 52.0 Å². The van der Waals surface area contributed by atoms with Crippen LogP contribution in [0.2, 0.25) is 0 Å². The number of hydrogen-bond acceptors (Lipinski definition) is 2. The summed E-state index contributed by atoms with van der Waals surface area (Å²) in [6, 6.07) is 6.93. The highest BCUT2D eigenvalue weighted by atomic mass is 79.9. The smallest absolute Gasteiger partial charge is 0.133 e. The van der Waals surface area contributed by atoms with E-state index < -0.39 is 0 Å². The molecule has 0 saturated heterocycles. The van der Waals surface area contributed by atoms with E-state index in [1.165, 1.54) is 37.7 Å². The summed E-state index contributed by atoms with van der Waals surface area (Å²) >= 11 is 3.63. The molecule has 1 fully saturated rings. The second-order valence-corrected chi connectivity index (χ2v) is 7.64. The summed E-state index contributed by atoms with van der Waals surface area (Å²) in [7, 11) is 3.82. The molecule has 1 aliphatic carbocycles. The number of nitrogens with one attached hydrogen (secondary N) is 1. The Morgan fingerprint density at radius 1 is 1.29 bits per heavy atom. The number of hydrogen-bond donors (Lipinski definition) is 1. The molecule has 3 heteroatoms. The number of ether oxygens (including phenoxy) is 1. The monoisotopic (exact) mass is 353 g/mol. The molecule has 2 rings (SSSR count). The maximum absolute atomic E-state index is 5.36. The molecule has 2 nitrogen and oxygen atoms in total. The largest absolute Gasteiger partial charge is 0.496 e. The molecular weight excluding hydrogens is 326 g/mol. The lowest BCUT2D eigenvalue weighted by molar-refractivity contribution is 0.161. The van der Waals surface area contributed by atoms with Crippen molar-refractivity contribution in [3.8, 4) is 5.75 Å². The number of halogens is 1. The standard InChI is InChI=1S/C18H28BrNO/c1-13(2)12-18(9-5-6-10-18)17(20-3)14-7-8-16(21-4)15(19)11-14/h7-8,11,13,17,20H,5-6,9-10,12H2,1-4H3. The van der Waals surface area contributed by atoms with Crippen LogP contribution in [0.1, 0.15) is 57.6 Å². The molecule has 0 heterocycles. The fourth-order valence-corrected chi connectivity index (χ4v) is 4.75. The molecular formula is C18H28BrNO. The highest BCUT2D eigenvalue weighted by Gasteiger charge is 2.41. The maximum Gasteiger partial charge on any atom is 0.133 e. The molecule has 0 amide bonds. The Kier molecular flexibility index (Phi) is 5.73. The molecule has 21 heavy (non-hydrogen) atoms.